The van der Waals surface area contributed by atoms with E-state index in [-0.39, 0.29) is 18.1 Å². The summed E-state index contributed by atoms with van der Waals surface area (Å²) in [5.41, 5.74) is 5.04. The largest absolute Gasteiger partial charge is 0.392 e. The van der Waals surface area contributed by atoms with E-state index in [4.69, 9.17) is 5.73 Å². The van der Waals surface area contributed by atoms with E-state index in [0.29, 0.717) is 6.42 Å². The van der Waals surface area contributed by atoms with Crippen molar-refractivity contribution in [1.29, 1.82) is 0 Å². The number of aliphatic hydroxyl groups is 1. The highest BCUT2D eigenvalue weighted by molar-refractivity contribution is 5.73. The summed E-state index contributed by atoms with van der Waals surface area (Å²) in [6.45, 7) is 0.870. The number of nitrogens with one attached hydrogen (secondary N) is 1. The Kier molecular flexibility index (Phi) is 5.65. The second-order valence-corrected chi connectivity index (χ2v) is 4.34. The number of carbonyl (C=O) groups is 1. The molecule has 0 aromatic heterocycles. The van der Waals surface area contributed by atoms with Gasteiger partial charge in [0.1, 0.15) is 0 Å². The quantitative estimate of drug-likeness (QED) is 0.565. The molecule has 15 heavy (non-hydrogen) atoms. The Bertz CT molecular complexity index is 197. The van der Waals surface area contributed by atoms with Crippen LogP contribution in [0.15, 0.2) is 0 Å². The van der Waals surface area contributed by atoms with Gasteiger partial charge in [-0.05, 0) is 32.2 Å². The third kappa shape index (κ3) is 5.14. The molecule has 88 valence electrons. The molecule has 0 aromatic carbocycles. The van der Waals surface area contributed by atoms with Crippen LogP contribution < -0.4 is 11.1 Å². The van der Waals surface area contributed by atoms with Crippen molar-refractivity contribution in [3.8, 4) is 0 Å². The van der Waals surface area contributed by atoms with Gasteiger partial charge in [0.2, 0.25) is 5.91 Å². The highest BCUT2D eigenvalue weighted by atomic mass is 16.3. The van der Waals surface area contributed by atoms with Crippen LogP contribution in [0.1, 0.15) is 44.9 Å². The summed E-state index contributed by atoms with van der Waals surface area (Å²) in [5.74, 6) is -0.229. The van der Waals surface area contributed by atoms with Gasteiger partial charge < -0.3 is 16.2 Å². The molecule has 0 spiro atoms. The van der Waals surface area contributed by atoms with Crippen molar-refractivity contribution >= 4 is 5.91 Å². The fourth-order valence-electron chi connectivity index (χ4n) is 2.06. The maximum atomic E-state index is 10.5. The van der Waals surface area contributed by atoms with E-state index >= 15 is 0 Å². The number of nitrogens with two attached hydrogens (primary N) is 1. The van der Waals surface area contributed by atoms with Crippen LogP contribution in [0.25, 0.3) is 0 Å². The summed E-state index contributed by atoms with van der Waals surface area (Å²) in [4.78, 5) is 10.5. The first-order valence-electron chi connectivity index (χ1n) is 5.90. The minimum absolute atomic E-state index is 0.185. The molecule has 0 heterocycles. The summed E-state index contributed by atoms with van der Waals surface area (Å²) < 4.78 is 0. The third-order valence-corrected chi connectivity index (χ3v) is 2.99. The molecule has 0 unspecified atom stereocenters. The molecular formula is C11H22N2O2. The summed E-state index contributed by atoms with van der Waals surface area (Å²) in [6, 6.07) is 0.257. The molecule has 0 saturated heterocycles. The van der Waals surface area contributed by atoms with Gasteiger partial charge in [-0.25, -0.2) is 0 Å². The molecule has 1 fully saturated rings. The lowest BCUT2D eigenvalue weighted by molar-refractivity contribution is -0.118. The number of unbranched alkanes of at least 4 members (excludes halogenated alkanes) is 1. The van der Waals surface area contributed by atoms with E-state index in [0.717, 1.165) is 38.6 Å². The van der Waals surface area contributed by atoms with Crippen molar-refractivity contribution in [3.63, 3.8) is 0 Å². The van der Waals surface area contributed by atoms with Crippen LogP contribution in [-0.2, 0) is 4.79 Å². The number of amides is 1. The molecule has 1 saturated carbocycles. The Morgan fingerprint density at radius 1 is 1.33 bits per heavy atom. The van der Waals surface area contributed by atoms with Crippen molar-refractivity contribution in [2.45, 2.75) is 57.1 Å². The van der Waals surface area contributed by atoms with Crippen LogP contribution in [-0.4, -0.2) is 29.7 Å². The second kappa shape index (κ2) is 6.80. The molecule has 0 bridgehead atoms. The monoisotopic (exact) mass is 214 g/mol. The summed E-state index contributed by atoms with van der Waals surface area (Å²) in [5, 5.41) is 13.0. The van der Waals surface area contributed by atoms with Gasteiger partial charge in [0.25, 0.3) is 0 Å². The number of carbonyl (C=O) groups excluding carboxylic acids is 1. The topological polar surface area (TPSA) is 75.4 Å². The average molecular weight is 214 g/mol. The van der Waals surface area contributed by atoms with E-state index < -0.39 is 0 Å². The number of aliphatic hydroxyl groups excluding tert-OH is 1. The van der Waals surface area contributed by atoms with Crippen LogP contribution in [0.2, 0.25) is 0 Å². The lowest BCUT2D eigenvalue weighted by Crippen LogP contribution is -2.42. The summed E-state index contributed by atoms with van der Waals surface area (Å²) >= 11 is 0. The van der Waals surface area contributed by atoms with Gasteiger partial charge in [-0.1, -0.05) is 12.8 Å². The van der Waals surface area contributed by atoms with Crippen molar-refractivity contribution in [1.82, 2.24) is 5.32 Å². The maximum Gasteiger partial charge on any atom is 0.217 e. The Morgan fingerprint density at radius 2 is 2.07 bits per heavy atom. The zero-order valence-electron chi connectivity index (χ0n) is 9.24. The summed E-state index contributed by atoms with van der Waals surface area (Å²) in [7, 11) is 0. The average Bonchev–Trinajstić information content (AvgIpc) is 2.20. The van der Waals surface area contributed by atoms with E-state index in [1.165, 1.54) is 6.42 Å². The van der Waals surface area contributed by atoms with E-state index in [9.17, 15) is 9.90 Å². The smallest absolute Gasteiger partial charge is 0.217 e. The first kappa shape index (κ1) is 12.5. The molecule has 1 aliphatic carbocycles. The first-order chi connectivity index (χ1) is 7.20. The fourth-order valence-corrected chi connectivity index (χ4v) is 2.06. The minimum Gasteiger partial charge on any atom is -0.392 e. The number of rotatable bonds is 6. The minimum atomic E-state index is -0.229. The molecule has 0 aliphatic heterocycles. The van der Waals surface area contributed by atoms with Crippen LogP contribution in [0.4, 0.5) is 0 Å². The van der Waals surface area contributed by atoms with Gasteiger partial charge in [-0.2, -0.15) is 0 Å². The lowest BCUT2D eigenvalue weighted by atomic mass is 9.92. The molecule has 4 N–H and O–H groups in total. The van der Waals surface area contributed by atoms with Gasteiger partial charge in [0.15, 0.2) is 0 Å². The Hall–Kier alpha value is -0.610. The third-order valence-electron chi connectivity index (χ3n) is 2.99. The second-order valence-electron chi connectivity index (χ2n) is 4.34. The number of primary amides is 1. The van der Waals surface area contributed by atoms with Gasteiger partial charge >= 0.3 is 0 Å². The van der Waals surface area contributed by atoms with Crippen LogP contribution in [0.5, 0.6) is 0 Å². The van der Waals surface area contributed by atoms with E-state index in [1.54, 1.807) is 0 Å². The molecule has 1 aliphatic rings. The molecule has 4 nitrogen and oxygen atoms in total. The normalized spacial score (nSPS) is 26.5. The van der Waals surface area contributed by atoms with Gasteiger partial charge in [-0.3, -0.25) is 4.79 Å². The predicted molar refractivity (Wildman–Crippen MR) is 59.3 cm³/mol. The SMILES string of the molecule is NC(=O)CCCCN[C@@H]1CCCC[C@H]1O. The van der Waals surface area contributed by atoms with Gasteiger partial charge in [0.05, 0.1) is 6.10 Å². The van der Waals surface area contributed by atoms with E-state index in [1.807, 2.05) is 0 Å². The molecule has 0 aromatic rings. The number of hydrogen-bond acceptors (Lipinski definition) is 3. The standard InChI is InChI=1S/C11H22N2O2/c12-11(15)7-3-4-8-13-9-5-1-2-6-10(9)14/h9-10,13-14H,1-8H2,(H2,12,15)/t9-,10-/m1/s1. The van der Waals surface area contributed by atoms with E-state index in [2.05, 4.69) is 5.32 Å². The predicted octanol–water partition coefficient (Wildman–Crippen LogP) is 0.535. The van der Waals surface area contributed by atoms with Crippen molar-refractivity contribution in [2.75, 3.05) is 6.54 Å². The highest BCUT2D eigenvalue weighted by Crippen LogP contribution is 2.18. The van der Waals surface area contributed by atoms with Gasteiger partial charge in [-0.15, -0.1) is 0 Å². The van der Waals surface area contributed by atoms with Gasteiger partial charge in [0, 0.05) is 12.5 Å². The van der Waals surface area contributed by atoms with Crippen LogP contribution >= 0.6 is 0 Å². The molecule has 2 atom stereocenters. The Balaban J connectivity index is 2.01. The number of hydrogen-bond donors (Lipinski definition) is 3. The Morgan fingerprint density at radius 3 is 2.73 bits per heavy atom. The Labute approximate surface area is 91.2 Å². The van der Waals surface area contributed by atoms with Crippen LogP contribution in [0.3, 0.4) is 0 Å². The lowest BCUT2D eigenvalue weighted by Gasteiger charge is -2.28. The van der Waals surface area contributed by atoms with Crippen molar-refractivity contribution < 1.29 is 9.90 Å². The molecular weight excluding hydrogens is 192 g/mol. The molecule has 1 rings (SSSR count). The van der Waals surface area contributed by atoms with Crippen LogP contribution in [0, 0.1) is 0 Å². The zero-order chi connectivity index (χ0) is 11.1. The zero-order valence-corrected chi connectivity index (χ0v) is 9.24. The van der Waals surface area contributed by atoms with Crippen molar-refractivity contribution in [2.24, 2.45) is 5.73 Å². The maximum absolute atomic E-state index is 10.5. The summed E-state index contributed by atoms with van der Waals surface area (Å²) in [6.07, 6.45) is 6.40. The fraction of sp³-hybridized carbons (Fsp3) is 0.909. The molecule has 1 amide bonds. The van der Waals surface area contributed by atoms with Crippen molar-refractivity contribution in [3.05, 3.63) is 0 Å². The molecule has 0 radical (unpaired) electrons. The highest BCUT2D eigenvalue weighted by Gasteiger charge is 2.21. The first-order valence-corrected chi connectivity index (χ1v) is 5.90. The molecule has 4 heteroatoms.